The molecule has 2 aromatic carbocycles. The first-order valence-corrected chi connectivity index (χ1v) is 10.3. The van der Waals surface area contributed by atoms with Crippen molar-refractivity contribution in [2.24, 2.45) is 5.92 Å². The lowest BCUT2D eigenvalue weighted by Crippen LogP contribution is -2.47. The molecule has 3 unspecified atom stereocenters. The van der Waals surface area contributed by atoms with Crippen LogP contribution in [-0.2, 0) is 20.9 Å². The topological polar surface area (TPSA) is 106 Å². The number of carbonyl (C=O) groups excluding carboxylic acids is 3. The summed E-state index contributed by atoms with van der Waals surface area (Å²) in [5, 5.41) is 8.21. The summed E-state index contributed by atoms with van der Waals surface area (Å²) in [5.41, 5.74) is 1.82. The van der Waals surface area contributed by atoms with Gasteiger partial charge in [-0.2, -0.15) is 0 Å². The molecule has 3 N–H and O–H groups in total. The Morgan fingerprint density at radius 3 is 2.65 bits per heavy atom. The molecule has 0 radical (unpaired) electrons. The Morgan fingerprint density at radius 2 is 1.94 bits per heavy atom. The van der Waals surface area contributed by atoms with Crippen LogP contribution in [0.1, 0.15) is 32.8 Å². The van der Waals surface area contributed by atoms with Crippen LogP contribution >= 0.6 is 0 Å². The van der Waals surface area contributed by atoms with Crippen LogP contribution in [0.15, 0.2) is 48.5 Å². The summed E-state index contributed by atoms with van der Waals surface area (Å²) >= 11 is 0. The number of anilines is 2. The van der Waals surface area contributed by atoms with Crippen molar-refractivity contribution < 1.29 is 23.9 Å². The Labute approximate surface area is 181 Å². The molecule has 3 rings (SSSR count). The van der Waals surface area contributed by atoms with Crippen molar-refractivity contribution in [3.8, 4) is 5.75 Å². The molecule has 164 valence electrons. The van der Waals surface area contributed by atoms with Crippen LogP contribution in [-0.4, -0.2) is 30.1 Å². The predicted molar refractivity (Wildman–Crippen MR) is 117 cm³/mol. The van der Waals surface area contributed by atoms with Gasteiger partial charge >= 0.3 is 6.09 Å². The minimum Gasteiger partial charge on any atom is -0.479 e. The van der Waals surface area contributed by atoms with Gasteiger partial charge in [-0.1, -0.05) is 50.6 Å². The number of rotatable bonds is 7. The monoisotopic (exact) mass is 425 g/mol. The molecule has 0 bridgehead atoms. The Hall–Kier alpha value is -3.55. The lowest BCUT2D eigenvalue weighted by atomic mass is 9.98. The van der Waals surface area contributed by atoms with E-state index < -0.39 is 18.2 Å². The first-order chi connectivity index (χ1) is 14.9. The van der Waals surface area contributed by atoms with Crippen molar-refractivity contribution in [2.75, 3.05) is 10.6 Å². The minimum atomic E-state index is -0.782. The number of fused-ring (bicyclic) bond motifs is 1. The van der Waals surface area contributed by atoms with Crippen molar-refractivity contribution in [3.05, 3.63) is 54.1 Å². The van der Waals surface area contributed by atoms with E-state index in [0.717, 1.165) is 5.56 Å². The largest absolute Gasteiger partial charge is 0.479 e. The second-order valence-electron chi connectivity index (χ2n) is 7.52. The van der Waals surface area contributed by atoms with Gasteiger partial charge in [-0.15, -0.1) is 0 Å². The molecule has 3 amide bonds. The van der Waals surface area contributed by atoms with Crippen LogP contribution in [0.5, 0.6) is 5.75 Å². The molecular weight excluding hydrogens is 398 g/mol. The van der Waals surface area contributed by atoms with Crippen molar-refractivity contribution in [1.29, 1.82) is 0 Å². The normalized spacial score (nSPS) is 16.7. The maximum absolute atomic E-state index is 12.9. The van der Waals surface area contributed by atoms with Crippen LogP contribution in [0.2, 0.25) is 0 Å². The van der Waals surface area contributed by atoms with Crippen molar-refractivity contribution in [3.63, 3.8) is 0 Å². The van der Waals surface area contributed by atoms with Crippen molar-refractivity contribution >= 4 is 29.3 Å². The maximum atomic E-state index is 12.9. The minimum absolute atomic E-state index is 0.116. The first-order valence-electron chi connectivity index (χ1n) is 10.3. The number of benzene rings is 2. The van der Waals surface area contributed by atoms with E-state index in [4.69, 9.17) is 9.47 Å². The zero-order valence-corrected chi connectivity index (χ0v) is 17.8. The predicted octanol–water partition coefficient (Wildman–Crippen LogP) is 3.69. The number of amides is 3. The molecule has 0 spiro atoms. The molecule has 31 heavy (non-hydrogen) atoms. The smallest absolute Gasteiger partial charge is 0.408 e. The van der Waals surface area contributed by atoms with Gasteiger partial charge in [0.2, 0.25) is 5.91 Å². The van der Waals surface area contributed by atoms with Gasteiger partial charge in [0.1, 0.15) is 18.4 Å². The number of hydrogen-bond donors (Lipinski definition) is 3. The fourth-order valence-electron chi connectivity index (χ4n) is 3.10. The Morgan fingerprint density at radius 1 is 1.19 bits per heavy atom. The summed E-state index contributed by atoms with van der Waals surface area (Å²) in [5.74, 6) is -0.212. The lowest BCUT2D eigenvalue weighted by Gasteiger charge is -2.25. The SMILES string of the molecule is CCC(C)C(NC(=O)OCc1ccccc1)C(=O)Nc1ccc2c(c1)NC(=O)C(C)O2. The van der Waals surface area contributed by atoms with Crippen LogP contribution < -0.4 is 20.7 Å². The molecule has 1 heterocycles. The molecule has 0 saturated heterocycles. The van der Waals surface area contributed by atoms with Crippen LogP contribution in [0.3, 0.4) is 0 Å². The molecule has 3 atom stereocenters. The van der Waals surface area contributed by atoms with Crippen LogP contribution in [0.25, 0.3) is 0 Å². The number of carbonyl (C=O) groups is 3. The number of ether oxygens (including phenoxy) is 2. The zero-order valence-electron chi connectivity index (χ0n) is 17.8. The fourth-order valence-corrected chi connectivity index (χ4v) is 3.10. The molecule has 0 aromatic heterocycles. The molecule has 0 aliphatic carbocycles. The Balaban J connectivity index is 1.64. The highest BCUT2D eigenvalue weighted by Gasteiger charge is 2.28. The van der Waals surface area contributed by atoms with E-state index in [1.54, 1.807) is 25.1 Å². The van der Waals surface area contributed by atoms with Gasteiger partial charge in [0.15, 0.2) is 6.10 Å². The number of nitrogens with one attached hydrogen (secondary N) is 3. The van der Waals surface area contributed by atoms with E-state index in [1.165, 1.54) is 0 Å². The maximum Gasteiger partial charge on any atom is 0.408 e. The third kappa shape index (κ3) is 5.75. The van der Waals surface area contributed by atoms with Gasteiger partial charge in [-0.25, -0.2) is 4.79 Å². The summed E-state index contributed by atoms with van der Waals surface area (Å²) in [4.78, 5) is 37.0. The van der Waals surface area contributed by atoms with Crippen LogP contribution in [0.4, 0.5) is 16.2 Å². The third-order valence-corrected chi connectivity index (χ3v) is 5.16. The van der Waals surface area contributed by atoms with Gasteiger partial charge in [-0.3, -0.25) is 9.59 Å². The van der Waals surface area contributed by atoms with E-state index in [1.807, 2.05) is 44.2 Å². The molecular formula is C23H27N3O5. The highest BCUT2D eigenvalue weighted by atomic mass is 16.5. The van der Waals surface area contributed by atoms with E-state index in [9.17, 15) is 14.4 Å². The Kier molecular flexibility index (Phi) is 7.12. The molecule has 1 aliphatic heterocycles. The molecule has 1 aliphatic rings. The summed E-state index contributed by atoms with van der Waals surface area (Å²) in [6.45, 7) is 5.59. The average molecular weight is 425 g/mol. The molecule has 0 fully saturated rings. The highest BCUT2D eigenvalue weighted by molar-refractivity contribution is 6.00. The number of hydrogen-bond acceptors (Lipinski definition) is 5. The van der Waals surface area contributed by atoms with Gasteiger partial charge in [0, 0.05) is 5.69 Å². The zero-order chi connectivity index (χ0) is 22.4. The molecule has 0 saturated carbocycles. The molecule has 2 aromatic rings. The summed E-state index contributed by atoms with van der Waals surface area (Å²) < 4.78 is 10.8. The van der Waals surface area contributed by atoms with Crippen molar-refractivity contribution in [2.45, 2.75) is 45.9 Å². The van der Waals surface area contributed by atoms with Gasteiger partial charge in [-0.05, 0) is 36.6 Å². The van der Waals surface area contributed by atoms with Gasteiger partial charge in [0.05, 0.1) is 5.69 Å². The second-order valence-corrected chi connectivity index (χ2v) is 7.52. The average Bonchev–Trinajstić information content (AvgIpc) is 2.77. The standard InChI is InChI=1S/C23H27N3O5/c1-4-14(2)20(26-23(29)30-13-16-8-6-5-7-9-16)22(28)24-17-10-11-19-18(12-17)25-21(27)15(3)31-19/h5-12,14-15,20H,4,13H2,1-3H3,(H,24,28)(H,25,27)(H,26,29). The van der Waals surface area contributed by atoms with E-state index in [-0.39, 0.29) is 24.3 Å². The van der Waals surface area contributed by atoms with E-state index >= 15 is 0 Å². The molecule has 8 heteroatoms. The third-order valence-electron chi connectivity index (χ3n) is 5.16. The van der Waals surface area contributed by atoms with Crippen molar-refractivity contribution in [1.82, 2.24) is 5.32 Å². The summed E-state index contributed by atoms with van der Waals surface area (Å²) in [6.07, 6.45) is -0.554. The quantitative estimate of drug-likeness (QED) is 0.627. The lowest BCUT2D eigenvalue weighted by molar-refractivity contribution is -0.122. The van der Waals surface area contributed by atoms with E-state index in [0.29, 0.717) is 23.5 Å². The highest BCUT2D eigenvalue weighted by Crippen LogP contribution is 2.32. The van der Waals surface area contributed by atoms with Crippen LogP contribution in [0, 0.1) is 5.92 Å². The first kappa shape index (κ1) is 22.1. The Bertz CT molecular complexity index is 947. The summed E-state index contributed by atoms with van der Waals surface area (Å²) in [7, 11) is 0. The second kappa shape index (κ2) is 9.97. The number of alkyl carbamates (subject to hydrolysis) is 1. The fraction of sp³-hybridized carbons (Fsp3) is 0.348. The van der Waals surface area contributed by atoms with Gasteiger partial charge < -0.3 is 25.4 Å². The summed E-state index contributed by atoms with van der Waals surface area (Å²) in [6, 6.07) is 13.5. The van der Waals surface area contributed by atoms with Gasteiger partial charge in [0.25, 0.3) is 5.91 Å². The van der Waals surface area contributed by atoms with E-state index in [2.05, 4.69) is 16.0 Å². The molecule has 8 nitrogen and oxygen atoms in total.